The van der Waals surface area contributed by atoms with Crippen LogP contribution in [0.25, 0.3) is 0 Å². The van der Waals surface area contributed by atoms with Gasteiger partial charge < -0.3 is 5.32 Å². The summed E-state index contributed by atoms with van der Waals surface area (Å²) in [7, 11) is 0. The maximum absolute atomic E-state index is 3.57. The molecule has 1 unspecified atom stereocenters. The van der Waals surface area contributed by atoms with Crippen LogP contribution in [0, 0.1) is 11.8 Å². The second-order valence-corrected chi connectivity index (χ2v) is 4.23. The van der Waals surface area contributed by atoms with Gasteiger partial charge in [0.15, 0.2) is 0 Å². The Labute approximate surface area is 84.3 Å². The van der Waals surface area contributed by atoms with E-state index in [1.165, 1.54) is 38.8 Å². The average molecular weight is 185 g/mol. The molecule has 0 saturated heterocycles. The molecule has 0 aliphatic rings. The summed E-state index contributed by atoms with van der Waals surface area (Å²) in [5, 5.41) is 3.57. The van der Waals surface area contributed by atoms with E-state index in [1.807, 2.05) is 0 Å². The van der Waals surface area contributed by atoms with Crippen molar-refractivity contribution in [2.24, 2.45) is 11.8 Å². The maximum atomic E-state index is 3.57. The van der Waals surface area contributed by atoms with Gasteiger partial charge in [-0.25, -0.2) is 0 Å². The molecule has 80 valence electrons. The van der Waals surface area contributed by atoms with Gasteiger partial charge in [-0.1, -0.05) is 47.0 Å². The van der Waals surface area contributed by atoms with Gasteiger partial charge in [0.1, 0.15) is 0 Å². The van der Waals surface area contributed by atoms with E-state index in [2.05, 4.69) is 33.0 Å². The molecule has 0 aliphatic carbocycles. The Bertz CT molecular complexity index is 97.3. The van der Waals surface area contributed by atoms with E-state index in [4.69, 9.17) is 0 Å². The van der Waals surface area contributed by atoms with Gasteiger partial charge in [-0.2, -0.15) is 0 Å². The third-order valence-electron chi connectivity index (χ3n) is 2.86. The topological polar surface area (TPSA) is 12.0 Å². The van der Waals surface area contributed by atoms with Crippen LogP contribution < -0.4 is 5.32 Å². The zero-order valence-corrected chi connectivity index (χ0v) is 9.90. The first kappa shape index (κ1) is 13.0. The fourth-order valence-corrected chi connectivity index (χ4v) is 1.71. The second-order valence-electron chi connectivity index (χ2n) is 4.23. The lowest BCUT2D eigenvalue weighted by Gasteiger charge is -2.16. The molecular formula is C12H27N. The monoisotopic (exact) mass is 185 g/mol. The third-order valence-corrected chi connectivity index (χ3v) is 2.86. The molecular weight excluding hydrogens is 158 g/mol. The maximum Gasteiger partial charge on any atom is -0.00206 e. The number of hydrogen-bond donors (Lipinski definition) is 1. The van der Waals surface area contributed by atoms with Crippen LogP contribution in [-0.4, -0.2) is 13.1 Å². The molecule has 0 radical (unpaired) electrons. The van der Waals surface area contributed by atoms with Crippen LogP contribution in [0.15, 0.2) is 0 Å². The fourth-order valence-electron chi connectivity index (χ4n) is 1.71. The van der Waals surface area contributed by atoms with Crippen molar-refractivity contribution in [3.63, 3.8) is 0 Å². The summed E-state index contributed by atoms with van der Waals surface area (Å²) in [6.45, 7) is 11.6. The minimum Gasteiger partial charge on any atom is -0.316 e. The van der Waals surface area contributed by atoms with E-state index >= 15 is 0 Å². The quantitative estimate of drug-likeness (QED) is 0.611. The van der Waals surface area contributed by atoms with Gasteiger partial charge >= 0.3 is 0 Å². The van der Waals surface area contributed by atoms with Crippen molar-refractivity contribution in [1.82, 2.24) is 5.32 Å². The molecule has 0 aromatic heterocycles. The molecule has 0 fully saturated rings. The highest BCUT2D eigenvalue weighted by atomic mass is 14.9. The Hall–Kier alpha value is -0.0400. The highest BCUT2D eigenvalue weighted by molar-refractivity contribution is 4.61. The molecule has 0 amide bonds. The van der Waals surface area contributed by atoms with Crippen LogP contribution in [0.1, 0.15) is 53.4 Å². The van der Waals surface area contributed by atoms with Crippen LogP contribution in [0.4, 0.5) is 0 Å². The van der Waals surface area contributed by atoms with Crippen LogP contribution in [0.3, 0.4) is 0 Å². The molecule has 0 saturated carbocycles. The molecule has 0 heterocycles. The fraction of sp³-hybridized carbons (Fsp3) is 1.00. The van der Waals surface area contributed by atoms with Crippen LogP contribution in [0.5, 0.6) is 0 Å². The summed E-state index contributed by atoms with van der Waals surface area (Å²) in [6, 6.07) is 0. The molecule has 1 heteroatoms. The molecule has 0 aromatic carbocycles. The van der Waals surface area contributed by atoms with Gasteiger partial charge in [-0.05, 0) is 31.3 Å². The molecule has 13 heavy (non-hydrogen) atoms. The smallest absolute Gasteiger partial charge is 0.00206 e. The first-order chi connectivity index (χ1) is 6.24. The molecule has 0 bridgehead atoms. The second kappa shape index (κ2) is 8.55. The SMILES string of the molecule is CCCC(C)CNCC(CC)CC. The molecule has 1 N–H and O–H groups in total. The van der Waals surface area contributed by atoms with Crippen molar-refractivity contribution >= 4 is 0 Å². The number of hydrogen-bond acceptors (Lipinski definition) is 1. The summed E-state index contributed by atoms with van der Waals surface area (Å²) in [5.41, 5.74) is 0. The van der Waals surface area contributed by atoms with Gasteiger partial charge in [-0.15, -0.1) is 0 Å². The van der Waals surface area contributed by atoms with Crippen molar-refractivity contribution in [3.8, 4) is 0 Å². The van der Waals surface area contributed by atoms with E-state index in [0.29, 0.717) is 0 Å². The summed E-state index contributed by atoms with van der Waals surface area (Å²) < 4.78 is 0. The van der Waals surface area contributed by atoms with Crippen molar-refractivity contribution < 1.29 is 0 Å². The predicted molar refractivity (Wildman–Crippen MR) is 61.0 cm³/mol. The van der Waals surface area contributed by atoms with Gasteiger partial charge in [0.05, 0.1) is 0 Å². The van der Waals surface area contributed by atoms with E-state index in [0.717, 1.165) is 11.8 Å². The largest absolute Gasteiger partial charge is 0.316 e. The third kappa shape index (κ3) is 7.06. The molecule has 0 aromatic rings. The lowest BCUT2D eigenvalue weighted by molar-refractivity contribution is 0.409. The van der Waals surface area contributed by atoms with Crippen LogP contribution in [0.2, 0.25) is 0 Å². The summed E-state index contributed by atoms with van der Waals surface area (Å²) >= 11 is 0. The summed E-state index contributed by atoms with van der Waals surface area (Å²) in [6.07, 6.45) is 5.29. The van der Waals surface area contributed by atoms with Crippen molar-refractivity contribution in [2.75, 3.05) is 13.1 Å². The van der Waals surface area contributed by atoms with E-state index < -0.39 is 0 Å². The lowest BCUT2D eigenvalue weighted by atomic mass is 10.0. The minimum absolute atomic E-state index is 0.847. The Morgan fingerprint density at radius 1 is 1.00 bits per heavy atom. The van der Waals surface area contributed by atoms with Crippen molar-refractivity contribution in [3.05, 3.63) is 0 Å². The van der Waals surface area contributed by atoms with E-state index in [-0.39, 0.29) is 0 Å². The number of nitrogens with one attached hydrogen (secondary N) is 1. The highest BCUT2D eigenvalue weighted by Gasteiger charge is 2.04. The zero-order chi connectivity index (χ0) is 10.1. The molecule has 0 rings (SSSR count). The van der Waals surface area contributed by atoms with E-state index in [1.54, 1.807) is 0 Å². The Balaban J connectivity index is 3.32. The summed E-state index contributed by atoms with van der Waals surface area (Å²) in [5.74, 6) is 1.73. The predicted octanol–water partition coefficient (Wildman–Crippen LogP) is 3.45. The Morgan fingerprint density at radius 2 is 1.62 bits per heavy atom. The average Bonchev–Trinajstić information content (AvgIpc) is 2.13. The zero-order valence-electron chi connectivity index (χ0n) is 9.90. The standard InChI is InChI=1S/C12H27N/c1-5-8-11(4)9-13-10-12(6-2)7-3/h11-13H,5-10H2,1-4H3. The highest BCUT2D eigenvalue weighted by Crippen LogP contribution is 2.07. The lowest BCUT2D eigenvalue weighted by Crippen LogP contribution is -2.26. The van der Waals surface area contributed by atoms with Gasteiger partial charge in [0, 0.05) is 0 Å². The normalized spacial score (nSPS) is 13.6. The molecule has 0 aliphatic heterocycles. The van der Waals surface area contributed by atoms with Crippen molar-refractivity contribution in [2.45, 2.75) is 53.4 Å². The number of rotatable bonds is 8. The minimum atomic E-state index is 0.847. The summed E-state index contributed by atoms with van der Waals surface area (Å²) in [4.78, 5) is 0. The first-order valence-corrected chi connectivity index (χ1v) is 5.95. The first-order valence-electron chi connectivity index (χ1n) is 5.95. The Morgan fingerprint density at radius 3 is 2.08 bits per heavy atom. The van der Waals surface area contributed by atoms with Gasteiger partial charge in [0.25, 0.3) is 0 Å². The van der Waals surface area contributed by atoms with Crippen LogP contribution in [-0.2, 0) is 0 Å². The van der Waals surface area contributed by atoms with E-state index in [9.17, 15) is 0 Å². The Kier molecular flexibility index (Phi) is 8.53. The molecule has 1 atom stereocenters. The molecule has 1 nitrogen and oxygen atoms in total. The molecule has 0 spiro atoms. The van der Waals surface area contributed by atoms with Gasteiger partial charge in [-0.3, -0.25) is 0 Å². The van der Waals surface area contributed by atoms with Gasteiger partial charge in [0.2, 0.25) is 0 Å². The van der Waals surface area contributed by atoms with Crippen molar-refractivity contribution in [1.29, 1.82) is 0 Å². The van der Waals surface area contributed by atoms with Crippen LogP contribution >= 0.6 is 0 Å².